The van der Waals surface area contributed by atoms with Crippen LogP contribution in [0.15, 0.2) is 23.1 Å². The smallest absolute Gasteiger partial charge is 0.223 e. The summed E-state index contributed by atoms with van der Waals surface area (Å²) >= 11 is 5.40. The van der Waals surface area contributed by atoms with Crippen LogP contribution >= 0.6 is 11.6 Å². The van der Waals surface area contributed by atoms with Gasteiger partial charge in [0.15, 0.2) is 9.84 Å². The third-order valence-corrected chi connectivity index (χ3v) is 4.67. The van der Waals surface area contributed by atoms with Crippen molar-refractivity contribution >= 4 is 21.4 Å². The van der Waals surface area contributed by atoms with E-state index in [1.54, 1.807) is 0 Å². The molecule has 0 amide bonds. The van der Waals surface area contributed by atoms with Crippen molar-refractivity contribution in [1.82, 2.24) is 0 Å². The van der Waals surface area contributed by atoms with Crippen molar-refractivity contribution in [2.75, 3.05) is 0 Å². The molecular weight excluding hydrogens is 289 g/mol. The van der Waals surface area contributed by atoms with Gasteiger partial charge in [0, 0.05) is 0 Å². The summed E-state index contributed by atoms with van der Waals surface area (Å²) in [6.07, 6.45) is -4.67. The Balaban J connectivity index is 0.00000289. The minimum absolute atomic E-state index is 0. The highest BCUT2D eigenvalue weighted by atomic mass is 35.5. The molecule has 18 heavy (non-hydrogen) atoms. The van der Waals surface area contributed by atoms with E-state index in [1.165, 1.54) is 13.8 Å². The van der Waals surface area contributed by atoms with Gasteiger partial charge >= 0.3 is 6.18 Å². The Bertz CT molecular complexity index is 522. The third-order valence-electron chi connectivity index (χ3n) is 2.19. The van der Waals surface area contributed by atoms with Gasteiger partial charge in [0.2, 0.25) is 0 Å². The zero-order chi connectivity index (χ0) is 13.4. The van der Waals surface area contributed by atoms with Crippen molar-refractivity contribution in [2.45, 2.75) is 37.6 Å². The van der Waals surface area contributed by atoms with Crippen molar-refractivity contribution < 1.29 is 21.6 Å². The van der Waals surface area contributed by atoms with Crippen LogP contribution in [0.2, 0.25) is 5.02 Å². The standard InChI is InChI=1S/C10H10ClF3O2S.CH4/c1-6(2)17(15,16)7-3-4-9(11)8(5-7)10(12,13)14;/h3-6H,1-2H3;1H4. The minimum Gasteiger partial charge on any atom is -0.223 e. The molecule has 0 atom stereocenters. The van der Waals surface area contributed by atoms with Crippen LogP contribution < -0.4 is 0 Å². The first-order valence-corrected chi connectivity index (χ1v) is 6.60. The molecule has 0 heterocycles. The number of alkyl halides is 3. The number of hydrogen-bond acceptors (Lipinski definition) is 2. The highest BCUT2D eigenvalue weighted by Crippen LogP contribution is 2.36. The van der Waals surface area contributed by atoms with E-state index in [9.17, 15) is 21.6 Å². The zero-order valence-electron chi connectivity index (χ0n) is 9.05. The molecule has 0 spiro atoms. The van der Waals surface area contributed by atoms with Crippen LogP contribution in [0.25, 0.3) is 0 Å². The first-order valence-electron chi connectivity index (χ1n) is 4.67. The molecular formula is C11H14ClF3O2S. The average Bonchev–Trinajstić information content (AvgIpc) is 2.15. The second-order valence-corrected chi connectivity index (χ2v) is 6.64. The summed E-state index contributed by atoms with van der Waals surface area (Å²) in [7, 11) is -3.74. The predicted octanol–water partition coefficient (Wildman–Crippen LogP) is 4.18. The van der Waals surface area contributed by atoms with E-state index in [-0.39, 0.29) is 12.3 Å². The number of benzene rings is 1. The molecule has 0 N–H and O–H groups in total. The topological polar surface area (TPSA) is 34.1 Å². The van der Waals surface area contributed by atoms with E-state index in [0.717, 1.165) is 12.1 Å². The number of halogens is 4. The Morgan fingerprint density at radius 1 is 1.22 bits per heavy atom. The molecule has 1 aromatic carbocycles. The average molecular weight is 303 g/mol. The maximum absolute atomic E-state index is 12.5. The molecule has 0 unspecified atom stereocenters. The summed E-state index contributed by atoms with van der Waals surface area (Å²) in [6.45, 7) is 2.80. The molecule has 0 radical (unpaired) electrons. The quantitative estimate of drug-likeness (QED) is 0.821. The molecule has 104 valence electrons. The molecule has 0 aliphatic rings. The molecule has 2 nitrogen and oxygen atoms in total. The SMILES string of the molecule is C.CC(C)S(=O)(=O)c1ccc(Cl)c(C(F)(F)F)c1. The zero-order valence-corrected chi connectivity index (χ0v) is 10.6. The number of rotatable bonds is 2. The summed E-state index contributed by atoms with van der Waals surface area (Å²) in [5.74, 6) is 0. The predicted molar refractivity (Wildman–Crippen MR) is 65.5 cm³/mol. The van der Waals surface area contributed by atoms with E-state index in [2.05, 4.69) is 0 Å². The summed E-state index contributed by atoms with van der Waals surface area (Å²) in [5, 5.41) is -1.30. The molecule has 0 aliphatic heterocycles. The normalized spacial score (nSPS) is 12.4. The molecule has 0 aromatic heterocycles. The Morgan fingerprint density at radius 3 is 2.11 bits per heavy atom. The fourth-order valence-corrected chi connectivity index (χ4v) is 2.48. The largest absolute Gasteiger partial charge is 0.417 e. The second kappa shape index (κ2) is 5.48. The Morgan fingerprint density at radius 2 is 1.72 bits per heavy atom. The fourth-order valence-electron chi connectivity index (χ4n) is 1.17. The molecule has 0 fully saturated rings. The lowest BCUT2D eigenvalue weighted by atomic mass is 10.2. The number of sulfone groups is 1. The van der Waals surface area contributed by atoms with Crippen LogP contribution in [0.1, 0.15) is 26.8 Å². The lowest BCUT2D eigenvalue weighted by Crippen LogP contribution is -2.15. The Hall–Kier alpha value is -0.750. The van der Waals surface area contributed by atoms with Gasteiger partial charge in [0.05, 0.1) is 20.7 Å². The van der Waals surface area contributed by atoms with Crippen LogP contribution in [-0.2, 0) is 16.0 Å². The van der Waals surface area contributed by atoms with Crippen LogP contribution in [0.5, 0.6) is 0 Å². The molecule has 1 rings (SSSR count). The summed E-state index contributed by atoms with van der Waals surface area (Å²) < 4.78 is 61.0. The third kappa shape index (κ3) is 3.38. The summed E-state index contributed by atoms with van der Waals surface area (Å²) in [4.78, 5) is -0.371. The first-order chi connectivity index (χ1) is 7.56. The highest BCUT2D eigenvalue weighted by molar-refractivity contribution is 7.92. The van der Waals surface area contributed by atoms with E-state index >= 15 is 0 Å². The van der Waals surface area contributed by atoms with E-state index in [1.807, 2.05) is 0 Å². The van der Waals surface area contributed by atoms with Crippen molar-refractivity contribution in [3.05, 3.63) is 28.8 Å². The minimum atomic E-state index is -4.67. The lowest BCUT2D eigenvalue weighted by Gasteiger charge is -2.12. The van der Waals surface area contributed by atoms with Crippen LogP contribution in [0.3, 0.4) is 0 Å². The van der Waals surface area contributed by atoms with Crippen LogP contribution in [0.4, 0.5) is 13.2 Å². The monoisotopic (exact) mass is 302 g/mol. The van der Waals surface area contributed by atoms with Gasteiger partial charge in [-0.1, -0.05) is 19.0 Å². The van der Waals surface area contributed by atoms with Gasteiger partial charge in [-0.05, 0) is 32.0 Å². The molecule has 1 aromatic rings. The highest BCUT2D eigenvalue weighted by Gasteiger charge is 2.34. The van der Waals surface area contributed by atoms with Crippen LogP contribution in [0, 0.1) is 0 Å². The van der Waals surface area contributed by atoms with Crippen molar-refractivity contribution in [3.8, 4) is 0 Å². The number of hydrogen-bond donors (Lipinski definition) is 0. The maximum atomic E-state index is 12.5. The molecule has 7 heteroatoms. The van der Waals surface area contributed by atoms with E-state index in [0.29, 0.717) is 6.07 Å². The van der Waals surface area contributed by atoms with E-state index < -0.39 is 31.8 Å². The fraction of sp³-hybridized carbons (Fsp3) is 0.455. The van der Waals surface area contributed by atoms with Gasteiger partial charge in [-0.2, -0.15) is 13.2 Å². The van der Waals surface area contributed by atoms with Gasteiger partial charge in [0.25, 0.3) is 0 Å². The van der Waals surface area contributed by atoms with Gasteiger partial charge in [-0.25, -0.2) is 8.42 Å². The van der Waals surface area contributed by atoms with E-state index in [4.69, 9.17) is 11.6 Å². The molecule has 0 bridgehead atoms. The van der Waals surface area contributed by atoms with Gasteiger partial charge in [-0.3, -0.25) is 0 Å². The lowest BCUT2D eigenvalue weighted by molar-refractivity contribution is -0.137. The van der Waals surface area contributed by atoms with Gasteiger partial charge < -0.3 is 0 Å². The molecule has 0 saturated carbocycles. The Kier molecular flexibility index (Phi) is 5.26. The van der Waals surface area contributed by atoms with Crippen molar-refractivity contribution in [2.24, 2.45) is 0 Å². The molecule has 0 aliphatic carbocycles. The Labute approximate surface area is 110 Å². The second-order valence-electron chi connectivity index (χ2n) is 3.73. The van der Waals surface area contributed by atoms with Crippen molar-refractivity contribution in [1.29, 1.82) is 0 Å². The van der Waals surface area contributed by atoms with Crippen molar-refractivity contribution in [3.63, 3.8) is 0 Å². The van der Waals surface area contributed by atoms with Gasteiger partial charge in [0.1, 0.15) is 0 Å². The summed E-state index contributed by atoms with van der Waals surface area (Å²) in [5.41, 5.74) is -1.14. The maximum Gasteiger partial charge on any atom is 0.417 e. The summed E-state index contributed by atoms with van der Waals surface area (Å²) in [6, 6.07) is 2.59. The molecule has 0 saturated heterocycles. The first kappa shape index (κ1) is 17.2. The van der Waals surface area contributed by atoms with Crippen LogP contribution in [-0.4, -0.2) is 13.7 Å². The van der Waals surface area contributed by atoms with Gasteiger partial charge in [-0.15, -0.1) is 0 Å².